The van der Waals surface area contributed by atoms with Gasteiger partial charge in [-0.3, -0.25) is 0 Å². The van der Waals surface area contributed by atoms with Crippen LogP contribution in [0.3, 0.4) is 0 Å². The zero-order valence-corrected chi connectivity index (χ0v) is 12.9. The minimum absolute atomic E-state index is 0.221. The second kappa shape index (κ2) is 6.15. The summed E-state index contributed by atoms with van der Waals surface area (Å²) < 4.78 is 5.24. The molecule has 1 atom stereocenters. The van der Waals surface area contributed by atoms with Gasteiger partial charge in [-0.05, 0) is 41.0 Å². The third kappa shape index (κ3) is 2.79. The first kappa shape index (κ1) is 15.1. The fourth-order valence-electron chi connectivity index (χ4n) is 2.78. The van der Waals surface area contributed by atoms with Gasteiger partial charge in [0.05, 0.1) is 12.6 Å². The maximum Gasteiger partial charge on any atom is 0.118 e. The number of hydrogen-bond donors (Lipinski definition) is 2. The van der Waals surface area contributed by atoms with Crippen LogP contribution in [-0.2, 0) is 5.54 Å². The quantitative estimate of drug-likeness (QED) is 0.723. The van der Waals surface area contributed by atoms with Gasteiger partial charge in [0.2, 0.25) is 0 Å². The summed E-state index contributed by atoms with van der Waals surface area (Å²) >= 11 is 0. The Labute approximate surface area is 136 Å². The largest absolute Gasteiger partial charge is 0.508 e. The van der Waals surface area contributed by atoms with E-state index in [-0.39, 0.29) is 5.75 Å². The minimum Gasteiger partial charge on any atom is -0.508 e. The van der Waals surface area contributed by atoms with Crippen molar-refractivity contribution in [2.75, 3.05) is 7.11 Å². The van der Waals surface area contributed by atoms with Gasteiger partial charge in [0.15, 0.2) is 0 Å². The molecule has 3 aromatic carbocycles. The van der Waals surface area contributed by atoms with Crippen molar-refractivity contribution < 1.29 is 9.84 Å². The van der Waals surface area contributed by atoms with E-state index < -0.39 is 5.54 Å². The highest BCUT2D eigenvalue weighted by Crippen LogP contribution is 2.35. The molecule has 0 aliphatic rings. The summed E-state index contributed by atoms with van der Waals surface area (Å²) in [5, 5.41) is 9.57. The first-order valence-electron chi connectivity index (χ1n) is 7.43. The summed E-state index contributed by atoms with van der Waals surface area (Å²) in [6, 6.07) is 24.7. The lowest BCUT2D eigenvalue weighted by Gasteiger charge is -2.31. The van der Waals surface area contributed by atoms with E-state index in [0.717, 1.165) is 22.4 Å². The molecule has 3 N–H and O–H groups in total. The van der Waals surface area contributed by atoms with Crippen LogP contribution in [0.25, 0.3) is 0 Å². The minimum atomic E-state index is -0.804. The Morgan fingerprint density at radius 1 is 0.739 bits per heavy atom. The van der Waals surface area contributed by atoms with Gasteiger partial charge in [-0.25, -0.2) is 0 Å². The number of nitrogens with two attached hydrogens (primary N) is 1. The summed E-state index contributed by atoms with van der Waals surface area (Å²) in [6.45, 7) is 0. The first-order chi connectivity index (χ1) is 11.1. The number of hydrogen-bond acceptors (Lipinski definition) is 3. The highest BCUT2D eigenvalue weighted by Gasteiger charge is 2.31. The summed E-state index contributed by atoms with van der Waals surface area (Å²) in [5.41, 5.74) is 8.92. The van der Waals surface area contributed by atoms with Crippen LogP contribution < -0.4 is 10.5 Å². The Bertz CT molecular complexity index is 767. The van der Waals surface area contributed by atoms with E-state index in [0.29, 0.717) is 0 Å². The van der Waals surface area contributed by atoms with E-state index in [9.17, 15) is 5.11 Å². The molecule has 0 heterocycles. The molecule has 0 fully saturated rings. The lowest BCUT2D eigenvalue weighted by atomic mass is 9.78. The number of methoxy groups -OCH3 is 1. The van der Waals surface area contributed by atoms with Crippen molar-refractivity contribution in [3.63, 3.8) is 0 Å². The Morgan fingerprint density at radius 2 is 1.22 bits per heavy atom. The van der Waals surface area contributed by atoms with E-state index in [2.05, 4.69) is 0 Å². The smallest absolute Gasteiger partial charge is 0.118 e. The van der Waals surface area contributed by atoms with Crippen molar-refractivity contribution in [1.82, 2.24) is 0 Å². The third-order valence-corrected chi connectivity index (χ3v) is 4.10. The lowest BCUT2D eigenvalue weighted by Crippen LogP contribution is -2.39. The number of benzene rings is 3. The van der Waals surface area contributed by atoms with Crippen LogP contribution in [0.4, 0.5) is 0 Å². The second-order valence-electron chi connectivity index (χ2n) is 5.45. The Hall–Kier alpha value is -2.78. The molecule has 0 radical (unpaired) electrons. The molecule has 0 aliphatic carbocycles. The molecule has 3 nitrogen and oxygen atoms in total. The average molecular weight is 305 g/mol. The maximum atomic E-state index is 9.57. The molecule has 0 amide bonds. The first-order valence-corrected chi connectivity index (χ1v) is 7.43. The van der Waals surface area contributed by atoms with Gasteiger partial charge in [0.1, 0.15) is 11.5 Å². The fraction of sp³-hybridized carbons (Fsp3) is 0.100. The van der Waals surface area contributed by atoms with Gasteiger partial charge >= 0.3 is 0 Å². The van der Waals surface area contributed by atoms with E-state index in [4.69, 9.17) is 10.5 Å². The summed E-state index contributed by atoms with van der Waals surface area (Å²) in [6.07, 6.45) is 0. The Balaban J connectivity index is 2.18. The molecule has 0 aromatic heterocycles. The molecule has 0 spiro atoms. The van der Waals surface area contributed by atoms with Crippen molar-refractivity contribution in [3.8, 4) is 11.5 Å². The monoisotopic (exact) mass is 305 g/mol. The predicted octanol–water partition coefficient (Wildman–Crippen LogP) is 3.65. The van der Waals surface area contributed by atoms with Gasteiger partial charge < -0.3 is 15.6 Å². The summed E-state index contributed by atoms with van der Waals surface area (Å²) in [5.74, 6) is 1.01. The van der Waals surface area contributed by atoms with Gasteiger partial charge in [0, 0.05) is 0 Å². The highest BCUT2D eigenvalue weighted by atomic mass is 16.5. The van der Waals surface area contributed by atoms with E-state index in [1.807, 2.05) is 66.7 Å². The molecule has 0 saturated carbocycles. The summed E-state index contributed by atoms with van der Waals surface area (Å²) in [4.78, 5) is 0. The SMILES string of the molecule is COc1ccc(C(N)(c2ccccc2)c2ccc(O)cc2)cc1. The molecule has 116 valence electrons. The molecule has 0 aliphatic heterocycles. The number of rotatable bonds is 4. The van der Waals surface area contributed by atoms with Gasteiger partial charge in [-0.15, -0.1) is 0 Å². The van der Waals surface area contributed by atoms with Gasteiger partial charge in [-0.2, -0.15) is 0 Å². The molecule has 0 bridgehead atoms. The van der Waals surface area contributed by atoms with Crippen LogP contribution in [0, 0.1) is 0 Å². The van der Waals surface area contributed by atoms with Crippen molar-refractivity contribution in [3.05, 3.63) is 95.6 Å². The van der Waals surface area contributed by atoms with Crippen molar-refractivity contribution in [2.45, 2.75) is 5.54 Å². The van der Waals surface area contributed by atoms with E-state index >= 15 is 0 Å². The standard InChI is InChI=1S/C20H19NO2/c1-23-19-13-9-17(10-14-19)20(21,15-5-3-2-4-6-15)16-7-11-18(22)12-8-16/h2-14,22H,21H2,1H3. The normalized spacial score (nSPS) is 13.3. The molecular weight excluding hydrogens is 286 g/mol. The highest BCUT2D eigenvalue weighted by molar-refractivity contribution is 5.50. The van der Waals surface area contributed by atoms with Gasteiger partial charge in [-0.1, -0.05) is 54.6 Å². The Morgan fingerprint density at radius 3 is 1.74 bits per heavy atom. The zero-order chi connectivity index (χ0) is 16.3. The summed E-state index contributed by atoms with van der Waals surface area (Å²) in [7, 11) is 1.64. The number of aromatic hydroxyl groups is 1. The van der Waals surface area contributed by atoms with Crippen LogP contribution in [0.15, 0.2) is 78.9 Å². The van der Waals surface area contributed by atoms with Crippen LogP contribution in [-0.4, -0.2) is 12.2 Å². The molecule has 1 unspecified atom stereocenters. The molecular formula is C20H19NO2. The van der Waals surface area contributed by atoms with E-state index in [1.54, 1.807) is 19.2 Å². The number of phenols is 1. The predicted molar refractivity (Wildman–Crippen MR) is 91.6 cm³/mol. The number of phenolic OH excluding ortho intramolecular Hbond substituents is 1. The molecule has 3 rings (SSSR count). The van der Waals surface area contributed by atoms with Crippen molar-refractivity contribution in [1.29, 1.82) is 0 Å². The molecule has 23 heavy (non-hydrogen) atoms. The van der Waals surface area contributed by atoms with Crippen LogP contribution >= 0.6 is 0 Å². The third-order valence-electron chi connectivity index (χ3n) is 4.10. The van der Waals surface area contributed by atoms with Crippen LogP contribution in [0.1, 0.15) is 16.7 Å². The lowest BCUT2D eigenvalue weighted by molar-refractivity contribution is 0.414. The van der Waals surface area contributed by atoms with Gasteiger partial charge in [0.25, 0.3) is 0 Å². The zero-order valence-electron chi connectivity index (χ0n) is 12.9. The average Bonchev–Trinajstić information content (AvgIpc) is 2.62. The maximum absolute atomic E-state index is 9.57. The van der Waals surface area contributed by atoms with Crippen molar-refractivity contribution >= 4 is 0 Å². The Kier molecular flexibility index (Phi) is 4.04. The molecule has 3 heteroatoms. The van der Waals surface area contributed by atoms with Crippen LogP contribution in [0.5, 0.6) is 11.5 Å². The molecule has 3 aromatic rings. The van der Waals surface area contributed by atoms with E-state index in [1.165, 1.54) is 0 Å². The number of ether oxygens (including phenoxy) is 1. The topological polar surface area (TPSA) is 55.5 Å². The fourth-order valence-corrected chi connectivity index (χ4v) is 2.78. The van der Waals surface area contributed by atoms with Crippen LogP contribution in [0.2, 0.25) is 0 Å². The van der Waals surface area contributed by atoms with Crippen molar-refractivity contribution in [2.24, 2.45) is 5.73 Å². The molecule has 0 saturated heterocycles. The second-order valence-corrected chi connectivity index (χ2v) is 5.45.